The van der Waals surface area contributed by atoms with Crippen LogP contribution in [0.15, 0.2) is 0 Å². The summed E-state index contributed by atoms with van der Waals surface area (Å²) in [6.07, 6.45) is -1.40. The van der Waals surface area contributed by atoms with Gasteiger partial charge in [-0.25, -0.2) is 4.79 Å². The Morgan fingerprint density at radius 1 is 1.33 bits per heavy atom. The van der Waals surface area contributed by atoms with Crippen LogP contribution in [0.2, 0.25) is 0 Å². The first-order chi connectivity index (χ1) is 6.91. The second-order valence-electron chi connectivity index (χ2n) is 3.51. The van der Waals surface area contributed by atoms with Gasteiger partial charge in [0.15, 0.2) is 0 Å². The average molecular weight is 226 g/mol. The highest BCUT2D eigenvalue weighted by atomic mass is 19.4. The molecule has 0 N–H and O–H groups in total. The lowest BCUT2D eigenvalue weighted by Gasteiger charge is -2.15. The van der Waals surface area contributed by atoms with Gasteiger partial charge in [0.2, 0.25) is 0 Å². The van der Waals surface area contributed by atoms with E-state index in [1.165, 1.54) is 0 Å². The van der Waals surface area contributed by atoms with Crippen molar-refractivity contribution in [1.29, 1.82) is 0 Å². The van der Waals surface area contributed by atoms with Crippen LogP contribution in [0.25, 0.3) is 0 Å². The fourth-order valence-corrected chi connectivity index (χ4v) is 1.17. The smallest absolute Gasteiger partial charge is 0.459 e. The minimum absolute atomic E-state index is 0.0382. The van der Waals surface area contributed by atoms with E-state index in [4.69, 9.17) is 0 Å². The number of unbranched alkanes of at least 4 members (excludes halogenated alkanes) is 1. The molecule has 0 saturated heterocycles. The Balaban J connectivity index is 3.85. The van der Waals surface area contributed by atoms with Gasteiger partial charge in [-0.15, -0.1) is 0 Å². The number of ether oxygens (including phenoxy) is 1. The lowest BCUT2D eigenvalue weighted by molar-refractivity contribution is -0.201. The number of esters is 1. The maximum atomic E-state index is 11.8. The van der Waals surface area contributed by atoms with Crippen molar-refractivity contribution in [2.75, 3.05) is 6.61 Å². The van der Waals surface area contributed by atoms with Gasteiger partial charge < -0.3 is 4.74 Å². The molecule has 0 amide bonds. The predicted molar refractivity (Wildman–Crippen MR) is 50.3 cm³/mol. The Kier molecular flexibility index (Phi) is 6.36. The van der Waals surface area contributed by atoms with E-state index in [0.717, 1.165) is 25.7 Å². The third-order valence-corrected chi connectivity index (χ3v) is 2.22. The van der Waals surface area contributed by atoms with Crippen molar-refractivity contribution in [3.05, 3.63) is 0 Å². The number of alkyl halides is 3. The molecule has 0 aromatic rings. The van der Waals surface area contributed by atoms with Crippen molar-refractivity contribution in [2.24, 2.45) is 5.92 Å². The van der Waals surface area contributed by atoms with Gasteiger partial charge in [-0.3, -0.25) is 0 Å². The molecule has 0 aliphatic rings. The van der Waals surface area contributed by atoms with Crippen molar-refractivity contribution < 1.29 is 22.7 Å². The van der Waals surface area contributed by atoms with Gasteiger partial charge in [-0.2, -0.15) is 13.2 Å². The zero-order chi connectivity index (χ0) is 11.9. The van der Waals surface area contributed by atoms with Crippen molar-refractivity contribution in [2.45, 2.75) is 45.7 Å². The van der Waals surface area contributed by atoms with Crippen LogP contribution in [-0.2, 0) is 9.53 Å². The molecule has 2 nitrogen and oxygen atoms in total. The summed E-state index contributed by atoms with van der Waals surface area (Å²) in [6, 6.07) is 0. The molecule has 15 heavy (non-hydrogen) atoms. The molecule has 5 heteroatoms. The number of hydrogen-bond acceptors (Lipinski definition) is 2. The molecule has 90 valence electrons. The van der Waals surface area contributed by atoms with E-state index in [2.05, 4.69) is 4.74 Å². The Morgan fingerprint density at radius 3 is 2.33 bits per heavy atom. The molecule has 0 aliphatic heterocycles. The molecule has 1 atom stereocenters. The summed E-state index contributed by atoms with van der Waals surface area (Å²) in [7, 11) is 0. The zero-order valence-corrected chi connectivity index (χ0v) is 9.06. The molecule has 0 saturated carbocycles. The van der Waals surface area contributed by atoms with Crippen LogP contribution in [0.3, 0.4) is 0 Å². The summed E-state index contributed by atoms with van der Waals surface area (Å²) in [6.45, 7) is 3.75. The maximum absolute atomic E-state index is 11.8. The Labute approximate surface area is 87.8 Å². The number of hydrogen-bond donors (Lipinski definition) is 0. The Hall–Kier alpha value is -0.740. The largest absolute Gasteiger partial charge is 0.490 e. The van der Waals surface area contributed by atoms with Crippen LogP contribution >= 0.6 is 0 Å². The summed E-state index contributed by atoms with van der Waals surface area (Å²) in [4.78, 5) is 10.4. The van der Waals surface area contributed by atoms with Crippen molar-refractivity contribution in [3.8, 4) is 0 Å². The Morgan fingerprint density at radius 2 is 1.93 bits per heavy atom. The van der Waals surface area contributed by atoms with Crippen molar-refractivity contribution in [1.82, 2.24) is 0 Å². The molecule has 0 aliphatic carbocycles. The predicted octanol–water partition coefficient (Wildman–Crippen LogP) is 3.31. The number of rotatable bonds is 6. The molecule has 1 unspecified atom stereocenters. The van der Waals surface area contributed by atoms with E-state index >= 15 is 0 Å². The molecule has 0 aromatic carbocycles. The van der Waals surface area contributed by atoms with Crippen LogP contribution in [-0.4, -0.2) is 18.8 Å². The fraction of sp³-hybridized carbons (Fsp3) is 0.900. The molecular formula is C10H17F3O2. The zero-order valence-electron chi connectivity index (χ0n) is 9.06. The molecule has 0 spiro atoms. The van der Waals surface area contributed by atoms with Crippen LogP contribution in [0.4, 0.5) is 13.2 Å². The highest BCUT2D eigenvalue weighted by Crippen LogP contribution is 2.19. The highest BCUT2D eigenvalue weighted by molar-refractivity contribution is 5.75. The van der Waals surface area contributed by atoms with Gasteiger partial charge in [0.1, 0.15) is 0 Å². The first kappa shape index (κ1) is 14.3. The van der Waals surface area contributed by atoms with Crippen LogP contribution in [0.5, 0.6) is 0 Å². The normalized spacial score (nSPS) is 13.7. The summed E-state index contributed by atoms with van der Waals surface area (Å²) < 4.78 is 39.5. The number of carbonyl (C=O) groups is 1. The van der Waals surface area contributed by atoms with Crippen molar-refractivity contribution in [3.63, 3.8) is 0 Å². The van der Waals surface area contributed by atoms with E-state index in [1.54, 1.807) is 0 Å². The monoisotopic (exact) mass is 226 g/mol. The molecule has 0 bridgehead atoms. The number of carbonyl (C=O) groups excluding carboxylic acids is 1. The molecule has 0 radical (unpaired) electrons. The summed E-state index contributed by atoms with van der Waals surface area (Å²) in [5.41, 5.74) is 0. The van der Waals surface area contributed by atoms with Crippen LogP contribution in [0.1, 0.15) is 39.5 Å². The van der Waals surface area contributed by atoms with E-state index in [0.29, 0.717) is 0 Å². The lowest BCUT2D eigenvalue weighted by atomic mass is 10.0. The second-order valence-corrected chi connectivity index (χ2v) is 3.51. The summed E-state index contributed by atoms with van der Waals surface area (Å²) >= 11 is 0. The molecule has 0 aromatic heterocycles. The summed E-state index contributed by atoms with van der Waals surface area (Å²) in [5.74, 6) is -2.05. The van der Waals surface area contributed by atoms with Crippen molar-refractivity contribution >= 4 is 5.97 Å². The SMILES string of the molecule is CCCCC(CC)COC(=O)C(F)(F)F. The topological polar surface area (TPSA) is 26.3 Å². The van der Waals surface area contributed by atoms with E-state index in [9.17, 15) is 18.0 Å². The minimum atomic E-state index is -4.87. The van der Waals surface area contributed by atoms with Crippen LogP contribution in [0, 0.1) is 5.92 Å². The molecular weight excluding hydrogens is 209 g/mol. The molecule has 0 heterocycles. The van der Waals surface area contributed by atoms with E-state index in [1.807, 2.05) is 13.8 Å². The van der Waals surface area contributed by atoms with Gasteiger partial charge >= 0.3 is 12.1 Å². The van der Waals surface area contributed by atoms with Crippen LogP contribution < -0.4 is 0 Å². The van der Waals surface area contributed by atoms with Gasteiger partial charge in [0.05, 0.1) is 6.61 Å². The summed E-state index contributed by atoms with van der Waals surface area (Å²) in [5, 5.41) is 0. The quantitative estimate of drug-likeness (QED) is 0.649. The Bertz CT molecular complexity index is 190. The molecule has 0 fully saturated rings. The lowest BCUT2D eigenvalue weighted by Crippen LogP contribution is -2.27. The second kappa shape index (κ2) is 6.69. The fourth-order valence-electron chi connectivity index (χ4n) is 1.17. The third-order valence-electron chi connectivity index (χ3n) is 2.22. The maximum Gasteiger partial charge on any atom is 0.490 e. The number of halogens is 3. The average Bonchev–Trinajstić information content (AvgIpc) is 2.16. The first-order valence-corrected chi connectivity index (χ1v) is 5.15. The first-order valence-electron chi connectivity index (χ1n) is 5.15. The third kappa shape index (κ3) is 6.36. The molecule has 0 rings (SSSR count). The van der Waals surface area contributed by atoms with E-state index < -0.39 is 12.1 Å². The minimum Gasteiger partial charge on any atom is -0.459 e. The standard InChI is InChI=1S/C10H17F3O2/c1-3-5-6-8(4-2)7-15-9(14)10(11,12)13/h8H,3-7H2,1-2H3. The van der Waals surface area contributed by atoms with Gasteiger partial charge in [-0.05, 0) is 12.3 Å². The highest BCUT2D eigenvalue weighted by Gasteiger charge is 2.41. The van der Waals surface area contributed by atoms with Gasteiger partial charge in [-0.1, -0.05) is 33.1 Å². The van der Waals surface area contributed by atoms with E-state index in [-0.39, 0.29) is 12.5 Å². The van der Waals surface area contributed by atoms with Gasteiger partial charge in [0, 0.05) is 0 Å². The van der Waals surface area contributed by atoms with Gasteiger partial charge in [0.25, 0.3) is 0 Å².